The third-order valence-corrected chi connectivity index (χ3v) is 6.27. The smallest absolute Gasteiger partial charge is 0.300 e. The second-order valence-corrected chi connectivity index (χ2v) is 8.39. The van der Waals surface area contributed by atoms with E-state index < -0.39 is 29.3 Å². The largest absolute Gasteiger partial charge is 0.507 e. The maximum absolute atomic E-state index is 14.0. The molecule has 0 saturated carbocycles. The lowest BCUT2D eigenvalue weighted by molar-refractivity contribution is -0.132. The minimum absolute atomic E-state index is 0.140. The molecule has 1 N–H and O–H groups in total. The third kappa shape index (κ3) is 4.17. The average molecular weight is 507 g/mol. The summed E-state index contributed by atoms with van der Waals surface area (Å²) in [5.41, 5.74) is 0.543. The number of ether oxygens (including phenoxy) is 1. The van der Waals surface area contributed by atoms with E-state index in [9.17, 15) is 19.1 Å². The number of rotatable bonds is 4. The standard InChI is InChI=1S/C24H15Cl3FNO4/c1-33-19-10-13(6-8-17(19)26)22(30)20-21(12-5-7-16(25)18(27)9-12)29(24(32)23(20)31)15-4-2-3-14(28)11-15/h2-11,21,30H,1H3/b22-20-. The Balaban J connectivity index is 1.98. The van der Waals surface area contributed by atoms with Crippen LogP contribution in [0, 0.1) is 5.82 Å². The number of hydrogen-bond donors (Lipinski definition) is 1. The molecule has 1 heterocycles. The van der Waals surface area contributed by atoms with Crippen molar-refractivity contribution in [3.8, 4) is 5.75 Å². The van der Waals surface area contributed by atoms with Gasteiger partial charge in [0, 0.05) is 11.3 Å². The molecule has 1 aliphatic rings. The van der Waals surface area contributed by atoms with Crippen molar-refractivity contribution in [3.63, 3.8) is 0 Å². The van der Waals surface area contributed by atoms with Crippen LogP contribution in [0.15, 0.2) is 66.2 Å². The van der Waals surface area contributed by atoms with Gasteiger partial charge in [-0.1, -0.05) is 46.9 Å². The number of benzene rings is 3. The number of Topliss-reactive ketones (excluding diaryl/α,β-unsaturated/α-hetero) is 1. The summed E-state index contributed by atoms with van der Waals surface area (Å²) >= 11 is 18.3. The highest BCUT2D eigenvalue weighted by atomic mass is 35.5. The average Bonchev–Trinajstić information content (AvgIpc) is 3.06. The number of aliphatic hydroxyl groups excluding tert-OH is 1. The number of halogens is 4. The molecule has 0 spiro atoms. The number of amides is 1. The Morgan fingerprint density at radius 2 is 1.70 bits per heavy atom. The Morgan fingerprint density at radius 1 is 0.970 bits per heavy atom. The molecule has 1 atom stereocenters. The highest BCUT2D eigenvalue weighted by Crippen LogP contribution is 2.44. The lowest BCUT2D eigenvalue weighted by Crippen LogP contribution is -2.29. The highest BCUT2D eigenvalue weighted by Gasteiger charge is 2.47. The number of anilines is 1. The lowest BCUT2D eigenvalue weighted by Gasteiger charge is -2.25. The van der Waals surface area contributed by atoms with Crippen LogP contribution >= 0.6 is 34.8 Å². The summed E-state index contributed by atoms with van der Waals surface area (Å²) < 4.78 is 19.2. The van der Waals surface area contributed by atoms with Crippen LogP contribution in [0.3, 0.4) is 0 Å². The van der Waals surface area contributed by atoms with E-state index in [-0.39, 0.29) is 32.6 Å². The van der Waals surface area contributed by atoms with Gasteiger partial charge in [0.25, 0.3) is 11.7 Å². The Bertz CT molecular complexity index is 1320. The van der Waals surface area contributed by atoms with Crippen LogP contribution in [0.25, 0.3) is 5.76 Å². The zero-order valence-corrected chi connectivity index (χ0v) is 19.2. The van der Waals surface area contributed by atoms with Crippen LogP contribution in [0.2, 0.25) is 15.1 Å². The molecule has 1 fully saturated rings. The Morgan fingerprint density at radius 3 is 2.36 bits per heavy atom. The number of ketones is 1. The van der Waals surface area contributed by atoms with E-state index in [1.807, 2.05) is 0 Å². The second kappa shape index (κ2) is 9.06. The van der Waals surface area contributed by atoms with Crippen LogP contribution < -0.4 is 9.64 Å². The molecule has 0 aliphatic carbocycles. The van der Waals surface area contributed by atoms with Crippen LogP contribution in [0.4, 0.5) is 10.1 Å². The number of hydrogen-bond acceptors (Lipinski definition) is 4. The van der Waals surface area contributed by atoms with Gasteiger partial charge in [-0.2, -0.15) is 0 Å². The fraction of sp³-hybridized carbons (Fsp3) is 0.0833. The van der Waals surface area contributed by atoms with Gasteiger partial charge >= 0.3 is 0 Å². The predicted octanol–water partition coefficient (Wildman–Crippen LogP) is 6.42. The Kier molecular flexibility index (Phi) is 6.34. The number of methoxy groups -OCH3 is 1. The van der Waals surface area contributed by atoms with E-state index in [0.717, 1.165) is 11.0 Å². The molecule has 33 heavy (non-hydrogen) atoms. The molecule has 1 aliphatic heterocycles. The fourth-order valence-electron chi connectivity index (χ4n) is 3.69. The topological polar surface area (TPSA) is 66.8 Å². The molecule has 0 aromatic heterocycles. The number of nitrogens with zero attached hydrogens (tertiary/aromatic N) is 1. The SMILES string of the molecule is COc1cc(/C(O)=C2/C(=O)C(=O)N(c3cccc(F)c3)C2c2ccc(Cl)c(Cl)c2)ccc1Cl. The molecule has 0 bridgehead atoms. The number of aliphatic hydroxyl groups is 1. The molecule has 168 valence electrons. The first kappa shape index (κ1) is 23.1. The van der Waals surface area contributed by atoms with Gasteiger partial charge in [0.15, 0.2) is 0 Å². The van der Waals surface area contributed by atoms with E-state index >= 15 is 0 Å². The maximum Gasteiger partial charge on any atom is 0.300 e. The van der Waals surface area contributed by atoms with E-state index in [1.165, 1.54) is 55.6 Å². The Hall–Kier alpha value is -3.06. The quantitative estimate of drug-likeness (QED) is 0.252. The normalized spacial score (nSPS) is 17.5. The fourth-order valence-corrected chi connectivity index (χ4v) is 4.19. The second-order valence-electron chi connectivity index (χ2n) is 7.17. The first-order valence-corrected chi connectivity index (χ1v) is 10.7. The van der Waals surface area contributed by atoms with Crippen molar-refractivity contribution in [3.05, 3.63) is 98.2 Å². The van der Waals surface area contributed by atoms with Crippen molar-refractivity contribution in [2.45, 2.75) is 6.04 Å². The van der Waals surface area contributed by atoms with Gasteiger partial charge in [0.05, 0.1) is 33.8 Å². The van der Waals surface area contributed by atoms with Crippen LogP contribution in [-0.4, -0.2) is 23.9 Å². The van der Waals surface area contributed by atoms with E-state index in [1.54, 1.807) is 6.07 Å². The summed E-state index contributed by atoms with van der Waals surface area (Å²) in [4.78, 5) is 27.3. The first-order chi connectivity index (χ1) is 15.7. The maximum atomic E-state index is 14.0. The van der Waals surface area contributed by atoms with Crippen molar-refractivity contribution in [2.24, 2.45) is 0 Å². The summed E-state index contributed by atoms with van der Waals surface area (Å²) in [6.07, 6.45) is 0. The first-order valence-electron chi connectivity index (χ1n) is 9.58. The predicted molar refractivity (Wildman–Crippen MR) is 126 cm³/mol. The lowest BCUT2D eigenvalue weighted by atomic mass is 9.95. The van der Waals surface area contributed by atoms with E-state index in [0.29, 0.717) is 10.6 Å². The van der Waals surface area contributed by atoms with Gasteiger partial charge in [0.2, 0.25) is 0 Å². The van der Waals surface area contributed by atoms with Crippen molar-refractivity contribution in [1.82, 2.24) is 0 Å². The van der Waals surface area contributed by atoms with Gasteiger partial charge in [-0.3, -0.25) is 14.5 Å². The van der Waals surface area contributed by atoms with Crippen molar-refractivity contribution in [2.75, 3.05) is 12.0 Å². The monoisotopic (exact) mass is 505 g/mol. The zero-order valence-electron chi connectivity index (χ0n) is 17.0. The molecule has 1 saturated heterocycles. The van der Waals surface area contributed by atoms with Crippen molar-refractivity contribution < 1.29 is 23.8 Å². The molecular formula is C24H15Cl3FNO4. The van der Waals surface area contributed by atoms with Crippen LogP contribution in [0.1, 0.15) is 17.2 Å². The highest BCUT2D eigenvalue weighted by molar-refractivity contribution is 6.52. The van der Waals surface area contributed by atoms with Crippen LogP contribution in [0.5, 0.6) is 5.75 Å². The van der Waals surface area contributed by atoms with Gasteiger partial charge < -0.3 is 9.84 Å². The van der Waals surface area contributed by atoms with Gasteiger partial charge in [-0.25, -0.2) is 4.39 Å². The van der Waals surface area contributed by atoms with Crippen LogP contribution in [-0.2, 0) is 9.59 Å². The summed E-state index contributed by atoms with van der Waals surface area (Å²) in [6, 6.07) is 13.2. The van der Waals surface area contributed by atoms with E-state index in [2.05, 4.69) is 0 Å². The molecule has 3 aromatic rings. The summed E-state index contributed by atoms with van der Waals surface area (Å²) in [6.45, 7) is 0. The molecule has 1 amide bonds. The zero-order chi connectivity index (χ0) is 23.9. The summed E-state index contributed by atoms with van der Waals surface area (Å²) in [5.74, 6) is -2.64. The molecule has 5 nitrogen and oxygen atoms in total. The molecular weight excluding hydrogens is 492 g/mol. The molecule has 3 aromatic carbocycles. The molecule has 1 unspecified atom stereocenters. The van der Waals surface area contributed by atoms with Crippen molar-refractivity contribution >= 4 is 57.9 Å². The minimum atomic E-state index is -1.09. The molecule has 9 heteroatoms. The number of carbonyl (C=O) groups excluding carboxylic acids is 2. The van der Waals surface area contributed by atoms with Crippen molar-refractivity contribution in [1.29, 1.82) is 0 Å². The molecule has 0 radical (unpaired) electrons. The third-order valence-electron chi connectivity index (χ3n) is 5.21. The van der Waals surface area contributed by atoms with Gasteiger partial charge in [-0.05, 0) is 54.1 Å². The number of carbonyl (C=O) groups is 2. The van der Waals surface area contributed by atoms with E-state index in [4.69, 9.17) is 39.5 Å². The van der Waals surface area contributed by atoms with Gasteiger partial charge in [-0.15, -0.1) is 0 Å². The molecule has 4 rings (SSSR count). The van der Waals surface area contributed by atoms with Gasteiger partial charge in [0.1, 0.15) is 17.3 Å². The Labute approximate surface area is 203 Å². The summed E-state index contributed by atoms with van der Waals surface area (Å²) in [5, 5.41) is 11.9. The summed E-state index contributed by atoms with van der Waals surface area (Å²) in [7, 11) is 1.41. The minimum Gasteiger partial charge on any atom is -0.507 e.